The van der Waals surface area contributed by atoms with Crippen molar-refractivity contribution in [1.29, 1.82) is 0 Å². The Kier molecular flexibility index (Phi) is 7.48. The molecule has 1 atom stereocenters. The number of hydrogen-bond acceptors (Lipinski definition) is 6. The van der Waals surface area contributed by atoms with Crippen LogP contribution in [0.1, 0.15) is 22.0 Å². The van der Waals surface area contributed by atoms with E-state index in [1.807, 2.05) is 6.07 Å². The third-order valence-corrected chi connectivity index (χ3v) is 5.10. The van der Waals surface area contributed by atoms with Crippen LogP contribution in [-0.2, 0) is 4.74 Å². The van der Waals surface area contributed by atoms with Crippen molar-refractivity contribution in [2.75, 3.05) is 54.2 Å². The Hall–Kier alpha value is -2.84. The van der Waals surface area contributed by atoms with Gasteiger partial charge in [0, 0.05) is 25.2 Å². The number of ether oxygens (including phenoxy) is 4. The first kappa shape index (κ1) is 21.9. The molecule has 1 N–H and O–H groups in total. The first-order valence-corrected chi connectivity index (χ1v) is 9.72. The maximum Gasteiger partial charge on any atom is 0.251 e. The lowest BCUT2D eigenvalue weighted by Gasteiger charge is -2.35. The highest BCUT2D eigenvalue weighted by Gasteiger charge is 2.24. The Morgan fingerprint density at radius 3 is 2.33 bits per heavy atom. The molecule has 1 saturated heterocycles. The van der Waals surface area contributed by atoms with Crippen LogP contribution in [0.4, 0.5) is 4.39 Å². The van der Waals surface area contributed by atoms with Crippen LogP contribution < -0.4 is 19.5 Å². The van der Waals surface area contributed by atoms with Crippen LogP contribution in [0.5, 0.6) is 17.2 Å². The second-order valence-corrected chi connectivity index (χ2v) is 6.84. The van der Waals surface area contributed by atoms with Gasteiger partial charge in [-0.2, -0.15) is 0 Å². The zero-order valence-corrected chi connectivity index (χ0v) is 17.4. The van der Waals surface area contributed by atoms with Crippen LogP contribution in [-0.4, -0.2) is 65.0 Å². The van der Waals surface area contributed by atoms with Crippen molar-refractivity contribution in [2.24, 2.45) is 0 Å². The molecule has 0 spiro atoms. The average molecular weight is 418 g/mol. The lowest BCUT2D eigenvalue weighted by molar-refractivity contribution is 0.0162. The minimum atomic E-state index is -0.304. The Morgan fingerprint density at radius 1 is 1.10 bits per heavy atom. The number of halogens is 1. The summed E-state index contributed by atoms with van der Waals surface area (Å²) in [5, 5.41) is 2.96. The Balaban J connectivity index is 1.80. The minimum absolute atomic E-state index is 0.171. The highest BCUT2D eigenvalue weighted by molar-refractivity contribution is 5.95. The van der Waals surface area contributed by atoms with Gasteiger partial charge >= 0.3 is 0 Å². The number of amides is 1. The van der Waals surface area contributed by atoms with Gasteiger partial charge in [0.05, 0.1) is 40.6 Å². The molecule has 1 heterocycles. The fourth-order valence-corrected chi connectivity index (χ4v) is 3.56. The SMILES string of the molecule is COc1cc(C(=O)NCC(c2cccc(F)c2)N2CCOCC2)cc(OC)c1OC. The smallest absolute Gasteiger partial charge is 0.251 e. The van der Waals surface area contributed by atoms with Crippen LogP contribution in [0.25, 0.3) is 0 Å². The van der Waals surface area contributed by atoms with Crippen molar-refractivity contribution in [3.05, 3.63) is 53.3 Å². The molecule has 1 amide bonds. The molecule has 1 aliphatic heterocycles. The van der Waals surface area contributed by atoms with Crippen molar-refractivity contribution in [2.45, 2.75) is 6.04 Å². The average Bonchev–Trinajstić information content (AvgIpc) is 2.78. The maximum atomic E-state index is 13.8. The molecule has 1 fully saturated rings. The molecule has 1 aliphatic rings. The Bertz CT molecular complexity index is 845. The zero-order valence-electron chi connectivity index (χ0n) is 17.4. The van der Waals surface area contributed by atoms with Gasteiger partial charge < -0.3 is 24.3 Å². The molecule has 3 rings (SSSR count). The topological polar surface area (TPSA) is 69.3 Å². The standard InChI is InChI=1S/C22H27FN2O5/c1-27-19-12-16(13-20(28-2)21(19)29-3)22(26)24-14-18(25-7-9-30-10-8-25)15-5-4-6-17(23)11-15/h4-6,11-13,18H,7-10,14H2,1-3H3,(H,24,26). The first-order chi connectivity index (χ1) is 14.6. The fraction of sp³-hybridized carbons (Fsp3) is 0.409. The van der Waals surface area contributed by atoms with E-state index in [0.29, 0.717) is 55.7 Å². The summed E-state index contributed by atoms with van der Waals surface area (Å²) in [4.78, 5) is 15.1. The molecule has 7 nitrogen and oxygen atoms in total. The summed E-state index contributed by atoms with van der Waals surface area (Å²) in [6.07, 6.45) is 0. The van der Waals surface area contributed by atoms with Crippen molar-refractivity contribution in [3.8, 4) is 17.2 Å². The van der Waals surface area contributed by atoms with E-state index < -0.39 is 0 Å². The van der Waals surface area contributed by atoms with Crippen LogP contribution in [0.3, 0.4) is 0 Å². The molecule has 8 heteroatoms. The molecule has 0 saturated carbocycles. The predicted molar refractivity (Wildman–Crippen MR) is 110 cm³/mol. The molecule has 30 heavy (non-hydrogen) atoms. The number of morpholine rings is 1. The summed E-state index contributed by atoms with van der Waals surface area (Å²) >= 11 is 0. The summed E-state index contributed by atoms with van der Waals surface area (Å²) in [5.41, 5.74) is 1.19. The monoisotopic (exact) mass is 418 g/mol. The van der Waals surface area contributed by atoms with Crippen LogP contribution in [0.15, 0.2) is 36.4 Å². The highest BCUT2D eigenvalue weighted by atomic mass is 19.1. The maximum absolute atomic E-state index is 13.8. The number of rotatable bonds is 8. The number of nitrogens with zero attached hydrogens (tertiary/aromatic N) is 1. The number of carbonyl (C=O) groups is 1. The number of carbonyl (C=O) groups excluding carboxylic acids is 1. The third-order valence-electron chi connectivity index (χ3n) is 5.10. The molecule has 0 aliphatic carbocycles. The number of hydrogen-bond donors (Lipinski definition) is 1. The highest BCUT2D eigenvalue weighted by Crippen LogP contribution is 2.38. The molecular weight excluding hydrogens is 391 g/mol. The lowest BCUT2D eigenvalue weighted by Crippen LogP contribution is -2.43. The summed E-state index contributed by atoms with van der Waals surface area (Å²) < 4.78 is 35.2. The van der Waals surface area contributed by atoms with E-state index in [1.165, 1.54) is 33.5 Å². The number of nitrogens with one attached hydrogen (secondary N) is 1. The summed E-state index contributed by atoms with van der Waals surface area (Å²) in [6.45, 7) is 2.95. The van der Waals surface area contributed by atoms with Gasteiger partial charge in [-0.1, -0.05) is 12.1 Å². The first-order valence-electron chi connectivity index (χ1n) is 9.72. The van der Waals surface area contributed by atoms with Crippen molar-refractivity contribution < 1.29 is 28.1 Å². The van der Waals surface area contributed by atoms with E-state index in [4.69, 9.17) is 18.9 Å². The van der Waals surface area contributed by atoms with Crippen LogP contribution >= 0.6 is 0 Å². The van der Waals surface area contributed by atoms with Crippen molar-refractivity contribution in [1.82, 2.24) is 10.2 Å². The summed E-state index contributed by atoms with van der Waals surface area (Å²) in [6, 6.07) is 9.50. The predicted octanol–water partition coefficient (Wildman–Crippen LogP) is 2.65. The van der Waals surface area contributed by atoms with Gasteiger partial charge in [0.15, 0.2) is 11.5 Å². The quantitative estimate of drug-likeness (QED) is 0.711. The van der Waals surface area contributed by atoms with Gasteiger partial charge in [-0.15, -0.1) is 0 Å². The van der Waals surface area contributed by atoms with E-state index >= 15 is 0 Å². The molecule has 1 unspecified atom stereocenters. The van der Waals surface area contributed by atoms with Gasteiger partial charge in [0.1, 0.15) is 5.82 Å². The number of methoxy groups -OCH3 is 3. The Morgan fingerprint density at radius 2 is 1.77 bits per heavy atom. The molecule has 2 aromatic carbocycles. The summed E-state index contributed by atoms with van der Waals surface area (Å²) in [5.74, 6) is 0.627. The van der Waals surface area contributed by atoms with E-state index in [0.717, 1.165) is 5.56 Å². The second-order valence-electron chi connectivity index (χ2n) is 6.84. The molecule has 2 aromatic rings. The molecular formula is C22H27FN2O5. The van der Waals surface area contributed by atoms with Gasteiger partial charge in [0.25, 0.3) is 5.91 Å². The van der Waals surface area contributed by atoms with Gasteiger partial charge in [-0.3, -0.25) is 9.69 Å². The van der Waals surface area contributed by atoms with Gasteiger partial charge in [-0.05, 0) is 29.8 Å². The van der Waals surface area contributed by atoms with E-state index in [-0.39, 0.29) is 17.8 Å². The van der Waals surface area contributed by atoms with Crippen LogP contribution in [0, 0.1) is 5.82 Å². The van der Waals surface area contributed by atoms with Gasteiger partial charge in [-0.25, -0.2) is 4.39 Å². The van der Waals surface area contributed by atoms with Crippen molar-refractivity contribution >= 4 is 5.91 Å². The van der Waals surface area contributed by atoms with E-state index in [2.05, 4.69) is 10.2 Å². The molecule has 162 valence electrons. The largest absolute Gasteiger partial charge is 0.493 e. The second kappa shape index (κ2) is 10.3. The third kappa shape index (κ3) is 5.01. The fourth-order valence-electron chi connectivity index (χ4n) is 3.56. The molecule has 0 radical (unpaired) electrons. The van der Waals surface area contributed by atoms with E-state index in [9.17, 15) is 9.18 Å². The van der Waals surface area contributed by atoms with E-state index in [1.54, 1.807) is 18.2 Å². The lowest BCUT2D eigenvalue weighted by atomic mass is 10.0. The minimum Gasteiger partial charge on any atom is -0.493 e. The van der Waals surface area contributed by atoms with Crippen LogP contribution in [0.2, 0.25) is 0 Å². The molecule has 0 aromatic heterocycles. The Labute approximate surface area is 175 Å². The van der Waals surface area contributed by atoms with Crippen molar-refractivity contribution in [3.63, 3.8) is 0 Å². The zero-order chi connectivity index (χ0) is 21.5. The summed E-state index contributed by atoms with van der Waals surface area (Å²) in [7, 11) is 4.50. The molecule has 0 bridgehead atoms. The number of benzene rings is 2. The normalized spacial score (nSPS) is 15.3. The van der Waals surface area contributed by atoms with Gasteiger partial charge in [0.2, 0.25) is 5.75 Å².